The van der Waals surface area contributed by atoms with Crippen LogP contribution < -0.4 is 4.74 Å². The number of halogens is 1. The van der Waals surface area contributed by atoms with Gasteiger partial charge in [-0.1, -0.05) is 42.5 Å². The number of carbonyl (C=O) groups is 2. The topological polar surface area (TPSA) is 59.1 Å². The highest BCUT2D eigenvalue weighted by Crippen LogP contribution is 2.26. The van der Waals surface area contributed by atoms with E-state index in [1.807, 2.05) is 42.5 Å². The fourth-order valence-corrected chi connectivity index (χ4v) is 3.78. The monoisotopic (exact) mass is 440 g/mol. The number of esters is 1. The Morgan fingerprint density at radius 3 is 2.41 bits per heavy atom. The second-order valence-electron chi connectivity index (χ2n) is 7.55. The summed E-state index contributed by atoms with van der Waals surface area (Å²) in [4.78, 5) is 28.9. The van der Waals surface area contributed by atoms with Gasteiger partial charge in [-0.2, -0.15) is 0 Å². The minimum atomic E-state index is -1.14. The van der Waals surface area contributed by atoms with Crippen molar-refractivity contribution >= 4 is 11.9 Å². The molecule has 6 nitrogen and oxygen atoms in total. The molecule has 1 amide bonds. The van der Waals surface area contributed by atoms with Gasteiger partial charge in [0.25, 0.3) is 5.91 Å². The third-order valence-electron chi connectivity index (χ3n) is 5.41. The minimum absolute atomic E-state index is 0.157. The zero-order valence-corrected chi connectivity index (χ0v) is 18.6. The van der Waals surface area contributed by atoms with Gasteiger partial charge in [0, 0.05) is 25.3 Å². The summed E-state index contributed by atoms with van der Waals surface area (Å²) in [7, 11) is 1.58. The summed E-state index contributed by atoms with van der Waals surface area (Å²) >= 11 is 0. The second kappa shape index (κ2) is 11.4. The third-order valence-corrected chi connectivity index (χ3v) is 5.41. The van der Waals surface area contributed by atoms with Crippen LogP contribution in [0.15, 0.2) is 65.9 Å². The van der Waals surface area contributed by atoms with Crippen LogP contribution in [0, 0.1) is 0 Å². The van der Waals surface area contributed by atoms with Crippen LogP contribution in [0.3, 0.4) is 0 Å². The van der Waals surface area contributed by atoms with Gasteiger partial charge in [0.15, 0.2) is 6.67 Å². The van der Waals surface area contributed by atoms with E-state index < -0.39 is 18.6 Å². The number of rotatable bonds is 9. The minimum Gasteiger partial charge on any atom is -0.497 e. The Morgan fingerprint density at radius 1 is 1.06 bits per heavy atom. The molecule has 1 heterocycles. The number of hydrogen-bond donors (Lipinski definition) is 0. The van der Waals surface area contributed by atoms with Gasteiger partial charge < -0.3 is 14.4 Å². The van der Waals surface area contributed by atoms with Gasteiger partial charge in [-0.15, -0.1) is 0 Å². The molecule has 1 aliphatic heterocycles. The summed E-state index contributed by atoms with van der Waals surface area (Å²) in [6.45, 7) is 2.65. The van der Waals surface area contributed by atoms with Crippen molar-refractivity contribution in [2.75, 3.05) is 33.5 Å². The van der Waals surface area contributed by atoms with E-state index in [1.165, 1.54) is 4.90 Å². The molecule has 0 bridgehead atoms. The zero-order valence-electron chi connectivity index (χ0n) is 18.6. The molecule has 0 N–H and O–H groups in total. The summed E-state index contributed by atoms with van der Waals surface area (Å²) in [6, 6.07) is 17.2. The first-order valence-corrected chi connectivity index (χ1v) is 10.7. The maximum absolute atomic E-state index is 13.6. The molecular weight excluding hydrogens is 411 g/mol. The van der Waals surface area contributed by atoms with Crippen molar-refractivity contribution in [2.45, 2.75) is 26.4 Å². The van der Waals surface area contributed by atoms with Crippen molar-refractivity contribution in [3.8, 4) is 5.75 Å². The van der Waals surface area contributed by atoms with Crippen LogP contribution >= 0.6 is 0 Å². The average Bonchev–Trinajstić information content (AvgIpc) is 2.83. The van der Waals surface area contributed by atoms with E-state index in [4.69, 9.17) is 9.47 Å². The standard InChI is InChI=1S/C25H29FN2O4/c1-3-32-25(30)22-13-14-27(16-19-7-5-4-6-8-19)18-23(22)28(24(29)15-26)17-20-9-11-21(31-2)12-10-20/h4-12H,3,13-18H2,1-2H3. The summed E-state index contributed by atoms with van der Waals surface area (Å²) in [5.74, 6) is -0.442. The fourth-order valence-electron chi connectivity index (χ4n) is 3.78. The molecule has 0 radical (unpaired) electrons. The quantitative estimate of drug-likeness (QED) is 0.557. The smallest absolute Gasteiger partial charge is 0.335 e. The zero-order chi connectivity index (χ0) is 22.9. The van der Waals surface area contributed by atoms with Crippen molar-refractivity contribution in [1.29, 1.82) is 0 Å². The molecule has 0 unspecified atom stereocenters. The Balaban J connectivity index is 1.92. The molecule has 0 atom stereocenters. The van der Waals surface area contributed by atoms with E-state index in [9.17, 15) is 14.0 Å². The molecule has 0 aliphatic carbocycles. The van der Waals surface area contributed by atoms with Crippen molar-refractivity contribution in [3.63, 3.8) is 0 Å². The predicted molar refractivity (Wildman–Crippen MR) is 120 cm³/mol. The number of amides is 1. The Hall–Kier alpha value is -3.19. The lowest BCUT2D eigenvalue weighted by Gasteiger charge is -2.35. The lowest BCUT2D eigenvalue weighted by Crippen LogP contribution is -2.42. The van der Waals surface area contributed by atoms with E-state index in [1.54, 1.807) is 26.2 Å². The molecule has 2 aromatic rings. The predicted octanol–water partition coefficient (Wildman–Crippen LogP) is 3.72. The highest BCUT2D eigenvalue weighted by atomic mass is 19.1. The SMILES string of the molecule is CCOC(=O)C1=C(N(Cc2ccc(OC)cc2)C(=O)CF)CN(Cc2ccccc2)CC1. The molecule has 3 rings (SSSR count). The van der Waals surface area contributed by atoms with Crippen LogP contribution in [-0.2, 0) is 27.4 Å². The largest absolute Gasteiger partial charge is 0.497 e. The number of ether oxygens (including phenoxy) is 2. The number of benzene rings is 2. The van der Waals surface area contributed by atoms with E-state index in [0.717, 1.165) is 11.1 Å². The van der Waals surface area contributed by atoms with Crippen LogP contribution in [0.25, 0.3) is 0 Å². The van der Waals surface area contributed by atoms with Crippen LogP contribution in [0.2, 0.25) is 0 Å². The Morgan fingerprint density at radius 2 is 1.78 bits per heavy atom. The molecule has 0 spiro atoms. The summed E-state index contributed by atoms with van der Waals surface area (Å²) in [5, 5.41) is 0. The van der Waals surface area contributed by atoms with Gasteiger partial charge >= 0.3 is 5.97 Å². The highest BCUT2D eigenvalue weighted by Gasteiger charge is 2.31. The van der Waals surface area contributed by atoms with Gasteiger partial charge in [-0.3, -0.25) is 9.69 Å². The molecule has 32 heavy (non-hydrogen) atoms. The molecule has 0 saturated heterocycles. The average molecular weight is 441 g/mol. The molecule has 7 heteroatoms. The fraction of sp³-hybridized carbons (Fsp3) is 0.360. The van der Waals surface area contributed by atoms with E-state index in [2.05, 4.69) is 4.90 Å². The Bertz CT molecular complexity index is 944. The van der Waals surface area contributed by atoms with Crippen LogP contribution in [0.5, 0.6) is 5.75 Å². The lowest BCUT2D eigenvalue weighted by molar-refractivity contribution is -0.139. The molecule has 2 aromatic carbocycles. The normalized spacial score (nSPS) is 14.2. The summed E-state index contributed by atoms with van der Waals surface area (Å²) in [5.41, 5.74) is 2.88. The maximum atomic E-state index is 13.6. The van der Waals surface area contributed by atoms with Crippen molar-refractivity contribution < 1.29 is 23.5 Å². The molecular formula is C25H29FN2O4. The maximum Gasteiger partial charge on any atom is 0.335 e. The van der Waals surface area contributed by atoms with E-state index >= 15 is 0 Å². The second-order valence-corrected chi connectivity index (χ2v) is 7.55. The highest BCUT2D eigenvalue weighted by molar-refractivity contribution is 5.91. The molecule has 0 fully saturated rings. The number of nitrogens with zero attached hydrogens (tertiary/aromatic N) is 2. The van der Waals surface area contributed by atoms with Crippen molar-refractivity contribution in [2.24, 2.45) is 0 Å². The third kappa shape index (κ3) is 5.95. The first-order valence-electron chi connectivity index (χ1n) is 10.7. The van der Waals surface area contributed by atoms with Gasteiger partial charge in [0.2, 0.25) is 0 Å². The van der Waals surface area contributed by atoms with Crippen LogP contribution in [0.4, 0.5) is 4.39 Å². The first kappa shape index (κ1) is 23.5. The van der Waals surface area contributed by atoms with Gasteiger partial charge in [-0.25, -0.2) is 9.18 Å². The molecule has 170 valence electrons. The number of hydrogen-bond acceptors (Lipinski definition) is 5. The first-order chi connectivity index (χ1) is 15.5. The Labute approximate surface area is 188 Å². The number of alkyl halides is 1. The van der Waals surface area contributed by atoms with E-state index in [-0.39, 0.29) is 13.2 Å². The van der Waals surface area contributed by atoms with Gasteiger partial charge in [-0.05, 0) is 36.6 Å². The van der Waals surface area contributed by atoms with E-state index in [0.29, 0.717) is 43.1 Å². The lowest BCUT2D eigenvalue weighted by atomic mass is 10.0. The summed E-state index contributed by atoms with van der Waals surface area (Å²) < 4.78 is 24.0. The van der Waals surface area contributed by atoms with Gasteiger partial charge in [0.05, 0.1) is 25.8 Å². The number of methoxy groups -OCH3 is 1. The molecule has 0 saturated carbocycles. The Kier molecular flexibility index (Phi) is 8.39. The van der Waals surface area contributed by atoms with Crippen LogP contribution in [-0.4, -0.2) is 55.2 Å². The molecule has 0 aromatic heterocycles. The van der Waals surface area contributed by atoms with Crippen molar-refractivity contribution in [1.82, 2.24) is 9.80 Å². The number of carbonyl (C=O) groups excluding carboxylic acids is 2. The van der Waals surface area contributed by atoms with Crippen LogP contribution in [0.1, 0.15) is 24.5 Å². The van der Waals surface area contributed by atoms with Gasteiger partial charge in [0.1, 0.15) is 5.75 Å². The summed E-state index contributed by atoms with van der Waals surface area (Å²) in [6.07, 6.45) is 0.430. The van der Waals surface area contributed by atoms with Crippen molar-refractivity contribution in [3.05, 3.63) is 77.0 Å². The molecule has 1 aliphatic rings.